The molecule has 0 amide bonds. The maximum absolute atomic E-state index is 10.0. The van der Waals surface area contributed by atoms with E-state index in [-0.39, 0.29) is 24.3 Å². The van der Waals surface area contributed by atoms with E-state index in [0.29, 0.717) is 5.92 Å². The monoisotopic (exact) mass is 362 g/mol. The van der Waals surface area contributed by atoms with Gasteiger partial charge in [-0.1, -0.05) is 28.5 Å². The molecule has 0 bridgehead atoms. The van der Waals surface area contributed by atoms with Crippen molar-refractivity contribution in [3.8, 4) is 0 Å². The zero-order chi connectivity index (χ0) is 13.9. The lowest BCUT2D eigenvalue weighted by Gasteiger charge is -2.26. The van der Waals surface area contributed by atoms with Gasteiger partial charge in [-0.15, -0.1) is 12.6 Å². The Morgan fingerprint density at radius 2 is 2.32 bits per heavy atom. The van der Waals surface area contributed by atoms with Crippen LogP contribution in [0.1, 0.15) is 19.8 Å². The Kier molecular flexibility index (Phi) is 6.85. The van der Waals surface area contributed by atoms with Gasteiger partial charge in [0, 0.05) is 11.5 Å². The van der Waals surface area contributed by atoms with E-state index in [2.05, 4.69) is 19.6 Å². The lowest BCUT2D eigenvalue weighted by Crippen LogP contribution is -2.20. The summed E-state index contributed by atoms with van der Waals surface area (Å²) in [6.45, 7) is -0.782. The minimum absolute atomic E-state index is 0.00290. The lowest BCUT2D eigenvalue weighted by atomic mass is 10.1. The van der Waals surface area contributed by atoms with Crippen LogP contribution in [0.5, 0.6) is 0 Å². The highest BCUT2D eigenvalue weighted by Gasteiger charge is 2.32. The Bertz CT molecular complexity index is 329. The van der Waals surface area contributed by atoms with Crippen molar-refractivity contribution in [1.82, 2.24) is 0 Å². The molecule has 112 valence electrons. The van der Waals surface area contributed by atoms with Crippen molar-refractivity contribution in [3.63, 3.8) is 0 Å². The Morgan fingerprint density at radius 1 is 1.53 bits per heavy atom. The molecule has 2 fully saturated rings. The van der Waals surface area contributed by atoms with Crippen LogP contribution in [0.4, 0.5) is 0 Å². The molecule has 0 spiro atoms. The van der Waals surface area contributed by atoms with Gasteiger partial charge in [0.1, 0.15) is 5.44 Å². The van der Waals surface area contributed by atoms with E-state index in [1.165, 1.54) is 0 Å². The third-order valence-electron chi connectivity index (χ3n) is 3.02. The molecule has 5 atom stereocenters. The number of ether oxygens (including phenoxy) is 1. The molecule has 2 aliphatic rings. The van der Waals surface area contributed by atoms with E-state index in [0.717, 1.165) is 24.3 Å². The molecule has 2 aliphatic heterocycles. The first-order valence-corrected chi connectivity index (χ1v) is 11.8. The van der Waals surface area contributed by atoms with Gasteiger partial charge in [-0.3, -0.25) is 0 Å². The van der Waals surface area contributed by atoms with Gasteiger partial charge in [0.25, 0.3) is 0 Å². The van der Waals surface area contributed by atoms with E-state index in [4.69, 9.17) is 25.6 Å². The highest BCUT2D eigenvalue weighted by molar-refractivity contribution is 8.76. The fourth-order valence-electron chi connectivity index (χ4n) is 1.95. The second-order valence-electron chi connectivity index (χ2n) is 4.75. The Hall–Kier alpha value is 1.54. The molecule has 0 aliphatic carbocycles. The first kappa shape index (κ1) is 16.9. The number of hydrogen-bond donors (Lipinski definition) is 2. The molecule has 1 N–H and O–H groups in total. The highest BCUT2D eigenvalue weighted by atomic mass is 33.1. The van der Waals surface area contributed by atoms with Crippen LogP contribution in [-0.2, 0) is 25.6 Å². The molecular formula is C10H19O4PS4. The molecule has 5 unspecified atom stereocenters. The smallest absolute Gasteiger partial charge is 0.324 e. The maximum atomic E-state index is 10.0. The van der Waals surface area contributed by atoms with Crippen molar-refractivity contribution in [2.75, 3.05) is 18.1 Å². The molecule has 0 aromatic rings. The van der Waals surface area contributed by atoms with Gasteiger partial charge in [-0.05, 0) is 30.6 Å². The highest BCUT2D eigenvalue weighted by Crippen LogP contribution is 2.48. The molecular weight excluding hydrogens is 343 g/mol. The fraction of sp³-hybridized carbons (Fsp3) is 1.00. The summed E-state index contributed by atoms with van der Waals surface area (Å²) < 4.78 is 16.5. The first-order chi connectivity index (χ1) is 8.96. The summed E-state index contributed by atoms with van der Waals surface area (Å²) >= 11 is 9.37. The van der Waals surface area contributed by atoms with Crippen molar-refractivity contribution >= 4 is 52.7 Å². The van der Waals surface area contributed by atoms with Crippen LogP contribution in [0.2, 0.25) is 0 Å². The SMILES string of the molecule is CC1CC(COP(O)(=S)OC2CCSSC2)OC1S. The summed E-state index contributed by atoms with van der Waals surface area (Å²) in [5.74, 6) is 2.26. The van der Waals surface area contributed by atoms with Crippen LogP contribution in [0, 0.1) is 5.92 Å². The number of thiol groups is 1. The molecule has 9 heteroatoms. The maximum Gasteiger partial charge on any atom is 0.324 e. The molecule has 2 heterocycles. The van der Waals surface area contributed by atoms with Crippen LogP contribution in [0.15, 0.2) is 0 Å². The lowest BCUT2D eigenvalue weighted by molar-refractivity contribution is 0.0412. The van der Waals surface area contributed by atoms with E-state index >= 15 is 0 Å². The van der Waals surface area contributed by atoms with Crippen LogP contribution >= 0.6 is 40.9 Å². The molecule has 2 rings (SSSR count). The molecule has 2 saturated heterocycles. The molecule has 0 aromatic heterocycles. The van der Waals surface area contributed by atoms with Gasteiger partial charge in [0.2, 0.25) is 0 Å². The van der Waals surface area contributed by atoms with Crippen LogP contribution < -0.4 is 0 Å². The normalized spacial score (nSPS) is 39.1. The zero-order valence-corrected chi connectivity index (χ0v) is 14.9. The van der Waals surface area contributed by atoms with Gasteiger partial charge in [-0.25, -0.2) is 0 Å². The largest absolute Gasteiger partial charge is 0.362 e. The van der Waals surface area contributed by atoms with Crippen LogP contribution in [0.25, 0.3) is 0 Å². The second kappa shape index (κ2) is 7.70. The van der Waals surface area contributed by atoms with Gasteiger partial charge in [-0.2, -0.15) is 0 Å². The van der Waals surface area contributed by atoms with Crippen LogP contribution in [-0.4, -0.2) is 40.6 Å². The van der Waals surface area contributed by atoms with E-state index in [1.54, 1.807) is 10.8 Å². The van der Waals surface area contributed by atoms with E-state index in [1.807, 2.05) is 10.8 Å². The second-order valence-corrected chi connectivity index (χ2v) is 10.7. The molecule has 0 aromatic carbocycles. The van der Waals surface area contributed by atoms with Gasteiger partial charge < -0.3 is 18.7 Å². The Balaban J connectivity index is 1.73. The summed E-state index contributed by atoms with van der Waals surface area (Å²) in [5.41, 5.74) is -0.0576. The van der Waals surface area contributed by atoms with Gasteiger partial charge in [0.15, 0.2) is 0 Å². The Labute approximate surface area is 132 Å². The van der Waals surface area contributed by atoms with Crippen molar-refractivity contribution in [3.05, 3.63) is 0 Å². The average molecular weight is 363 g/mol. The third kappa shape index (κ3) is 5.68. The minimum atomic E-state index is -3.15. The summed E-state index contributed by atoms with van der Waals surface area (Å²) in [6, 6.07) is 0. The third-order valence-corrected chi connectivity index (χ3v) is 7.75. The predicted octanol–water partition coefficient (Wildman–Crippen LogP) is 3.07. The average Bonchev–Trinajstić information content (AvgIpc) is 2.67. The van der Waals surface area contributed by atoms with Crippen molar-refractivity contribution in [2.24, 2.45) is 5.92 Å². The summed E-state index contributed by atoms with van der Waals surface area (Å²) in [4.78, 5) is 10.0. The minimum Gasteiger partial charge on any atom is -0.362 e. The number of hydrogen-bond acceptors (Lipinski definition) is 7. The van der Waals surface area contributed by atoms with Crippen molar-refractivity contribution in [2.45, 2.75) is 37.4 Å². The van der Waals surface area contributed by atoms with Crippen LogP contribution in [0.3, 0.4) is 0 Å². The Morgan fingerprint density at radius 3 is 2.89 bits per heavy atom. The van der Waals surface area contributed by atoms with Gasteiger partial charge >= 0.3 is 6.72 Å². The predicted molar refractivity (Wildman–Crippen MR) is 88.3 cm³/mol. The summed E-state index contributed by atoms with van der Waals surface area (Å²) in [5, 5.41) is 0. The molecule has 0 saturated carbocycles. The topological polar surface area (TPSA) is 47.9 Å². The number of rotatable bonds is 5. The molecule has 0 radical (unpaired) electrons. The van der Waals surface area contributed by atoms with Crippen molar-refractivity contribution in [1.29, 1.82) is 0 Å². The standard InChI is InChI=1S/C10H19O4PS4/c1-7-4-9(13-10(7)16)5-12-15(11,17)14-8-2-3-18-19-6-8/h7-10,16H,2-6H2,1H3,(H,11,17). The summed E-state index contributed by atoms with van der Waals surface area (Å²) in [7, 11) is 3.57. The zero-order valence-electron chi connectivity index (χ0n) is 10.6. The molecule has 4 nitrogen and oxygen atoms in total. The summed E-state index contributed by atoms with van der Waals surface area (Å²) in [6.07, 6.45) is 1.74. The quantitative estimate of drug-likeness (QED) is 0.443. The molecule has 19 heavy (non-hydrogen) atoms. The van der Waals surface area contributed by atoms with Crippen molar-refractivity contribution < 1.29 is 18.7 Å². The van der Waals surface area contributed by atoms with Gasteiger partial charge in [0.05, 0.1) is 18.8 Å². The van der Waals surface area contributed by atoms with E-state index in [9.17, 15) is 4.89 Å². The fourth-order valence-corrected chi connectivity index (χ4v) is 6.21. The van der Waals surface area contributed by atoms with E-state index < -0.39 is 6.72 Å². The first-order valence-electron chi connectivity index (χ1n) is 6.20.